The molecule has 20 heavy (non-hydrogen) atoms. The van der Waals surface area contributed by atoms with Crippen LogP contribution in [0.3, 0.4) is 0 Å². The number of carbonyl (C=O) groups excluding carboxylic acids is 2. The minimum Gasteiger partial charge on any atom is -0.357 e. The van der Waals surface area contributed by atoms with Crippen LogP contribution in [0.5, 0.6) is 0 Å². The minimum absolute atomic E-state index is 0.0880. The first kappa shape index (κ1) is 14.3. The molecule has 1 aliphatic rings. The molecular formula is C14H19N3O3. The fraction of sp³-hybridized carbons (Fsp3) is 0.500. The Morgan fingerprint density at radius 1 is 1.30 bits per heavy atom. The zero-order chi connectivity index (χ0) is 14.5. The number of amides is 2. The number of likely N-dealkylation sites (tertiary alicyclic amines) is 1. The molecule has 1 atom stereocenters. The Hall–Kier alpha value is -2.11. The number of piperidine rings is 1. The average Bonchev–Trinajstić information content (AvgIpc) is 2.48. The SMILES string of the molecule is CNC(=O)C1CCCCN1C(=O)Cn1ccc(=O)cc1. The highest BCUT2D eigenvalue weighted by Crippen LogP contribution is 2.17. The van der Waals surface area contributed by atoms with Gasteiger partial charge in [-0.15, -0.1) is 0 Å². The number of nitrogens with zero attached hydrogens (tertiary/aromatic N) is 2. The normalized spacial score (nSPS) is 18.6. The van der Waals surface area contributed by atoms with Gasteiger partial charge in [-0.25, -0.2) is 0 Å². The summed E-state index contributed by atoms with van der Waals surface area (Å²) in [7, 11) is 1.58. The molecule has 1 N–H and O–H groups in total. The topological polar surface area (TPSA) is 71.4 Å². The van der Waals surface area contributed by atoms with Crippen molar-refractivity contribution in [2.45, 2.75) is 31.8 Å². The van der Waals surface area contributed by atoms with Crippen molar-refractivity contribution in [3.05, 3.63) is 34.7 Å². The van der Waals surface area contributed by atoms with Gasteiger partial charge in [-0.1, -0.05) is 0 Å². The summed E-state index contributed by atoms with van der Waals surface area (Å²) < 4.78 is 1.65. The van der Waals surface area contributed by atoms with Crippen molar-refractivity contribution in [3.63, 3.8) is 0 Å². The van der Waals surface area contributed by atoms with E-state index in [-0.39, 0.29) is 29.8 Å². The first-order valence-corrected chi connectivity index (χ1v) is 6.79. The zero-order valence-electron chi connectivity index (χ0n) is 11.5. The van der Waals surface area contributed by atoms with Crippen LogP contribution in [0.25, 0.3) is 0 Å². The maximum atomic E-state index is 12.3. The van der Waals surface area contributed by atoms with Gasteiger partial charge in [0.15, 0.2) is 5.43 Å². The zero-order valence-corrected chi connectivity index (χ0v) is 11.5. The highest BCUT2D eigenvalue weighted by molar-refractivity contribution is 5.87. The molecule has 2 amide bonds. The van der Waals surface area contributed by atoms with E-state index in [2.05, 4.69) is 5.32 Å². The molecule has 6 heteroatoms. The molecule has 0 radical (unpaired) electrons. The van der Waals surface area contributed by atoms with Crippen LogP contribution < -0.4 is 10.7 Å². The van der Waals surface area contributed by atoms with E-state index in [1.165, 1.54) is 12.1 Å². The van der Waals surface area contributed by atoms with Crippen molar-refractivity contribution in [2.75, 3.05) is 13.6 Å². The van der Waals surface area contributed by atoms with Crippen LogP contribution in [0.15, 0.2) is 29.3 Å². The molecule has 2 heterocycles. The van der Waals surface area contributed by atoms with Crippen molar-refractivity contribution >= 4 is 11.8 Å². The first-order valence-electron chi connectivity index (χ1n) is 6.79. The van der Waals surface area contributed by atoms with Gasteiger partial charge >= 0.3 is 0 Å². The molecule has 0 spiro atoms. The maximum absolute atomic E-state index is 12.3. The minimum atomic E-state index is -0.374. The molecule has 2 rings (SSSR count). The van der Waals surface area contributed by atoms with Crippen LogP contribution in [0.4, 0.5) is 0 Å². The quantitative estimate of drug-likeness (QED) is 0.843. The van der Waals surface area contributed by atoms with Crippen LogP contribution in [-0.2, 0) is 16.1 Å². The molecule has 1 aromatic heterocycles. The second kappa shape index (κ2) is 6.36. The third kappa shape index (κ3) is 3.26. The fourth-order valence-electron chi connectivity index (χ4n) is 2.47. The van der Waals surface area contributed by atoms with E-state index in [1.54, 1.807) is 28.9 Å². The molecule has 0 aliphatic carbocycles. The van der Waals surface area contributed by atoms with Gasteiger partial charge in [-0.2, -0.15) is 0 Å². The maximum Gasteiger partial charge on any atom is 0.243 e. The molecule has 1 fully saturated rings. The van der Waals surface area contributed by atoms with Gasteiger partial charge in [0, 0.05) is 38.1 Å². The van der Waals surface area contributed by atoms with Crippen molar-refractivity contribution < 1.29 is 9.59 Å². The van der Waals surface area contributed by atoms with E-state index in [1.807, 2.05) is 0 Å². The van der Waals surface area contributed by atoms with Gasteiger partial charge in [-0.05, 0) is 19.3 Å². The molecule has 108 valence electrons. The fourth-order valence-corrected chi connectivity index (χ4v) is 2.47. The van der Waals surface area contributed by atoms with Gasteiger partial charge in [0.05, 0.1) is 0 Å². The molecule has 0 aromatic carbocycles. The Labute approximate surface area is 117 Å². The van der Waals surface area contributed by atoms with Gasteiger partial charge in [-0.3, -0.25) is 14.4 Å². The van der Waals surface area contributed by atoms with Crippen LogP contribution in [-0.4, -0.2) is 40.9 Å². The summed E-state index contributed by atoms with van der Waals surface area (Å²) >= 11 is 0. The number of rotatable bonds is 3. The molecular weight excluding hydrogens is 258 g/mol. The smallest absolute Gasteiger partial charge is 0.243 e. The van der Waals surface area contributed by atoms with Crippen LogP contribution in [0, 0.1) is 0 Å². The predicted octanol–water partition coefficient (Wildman–Crippen LogP) is -0.0246. The van der Waals surface area contributed by atoms with Crippen molar-refractivity contribution in [3.8, 4) is 0 Å². The number of likely N-dealkylation sites (N-methyl/N-ethyl adjacent to an activating group) is 1. The largest absolute Gasteiger partial charge is 0.357 e. The first-order chi connectivity index (χ1) is 9.61. The monoisotopic (exact) mass is 277 g/mol. The van der Waals surface area contributed by atoms with Crippen molar-refractivity contribution in [2.24, 2.45) is 0 Å². The number of pyridine rings is 1. The van der Waals surface area contributed by atoms with Crippen LogP contribution in [0.2, 0.25) is 0 Å². The summed E-state index contributed by atoms with van der Waals surface area (Å²) in [5.41, 5.74) is -0.0880. The number of aromatic nitrogens is 1. The van der Waals surface area contributed by atoms with Gasteiger partial charge in [0.2, 0.25) is 11.8 Å². The van der Waals surface area contributed by atoms with E-state index in [0.717, 1.165) is 12.8 Å². The molecule has 0 saturated carbocycles. The van der Waals surface area contributed by atoms with Gasteiger partial charge in [0.25, 0.3) is 0 Å². The summed E-state index contributed by atoms with van der Waals surface area (Å²) in [4.78, 5) is 36.8. The highest BCUT2D eigenvalue weighted by atomic mass is 16.2. The number of hydrogen-bond donors (Lipinski definition) is 1. The van der Waals surface area contributed by atoms with E-state index in [0.29, 0.717) is 13.0 Å². The van der Waals surface area contributed by atoms with Crippen molar-refractivity contribution in [1.29, 1.82) is 0 Å². The number of nitrogens with one attached hydrogen (secondary N) is 1. The molecule has 1 saturated heterocycles. The Kier molecular flexibility index (Phi) is 4.55. The molecule has 6 nitrogen and oxygen atoms in total. The number of carbonyl (C=O) groups is 2. The predicted molar refractivity (Wildman–Crippen MR) is 74.1 cm³/mol. The third-order valence-corrected chi connectivity index (χ3v) is 3.55. The third-order valence-electron chi connectivity index (χ3n) is 3.55. The molecule has 1 aromatic rings. The van der Waals surface area contributed by atoms with E-state index < -0.39 is 0 Å². The van der Waals surface area contributed by atoms with E-state index in [4.69, 9.17) is 0 Å². The standard InChI is InChI=1S/C14H19N3O3/c1-15-14(20)12-4-2-3-7-17(12)13(19)10-16-8-5-11(18)6-9-16/h5-6,8-9,12H,2-4,7,10H2,1H3,(H,15,20). The summed E-state index contributed by atoms with van der Waals surface area (Å²) in [5.74, 6) is -0.208. The Balaban J connectivity index is 2.07. The Bertz CT molecular complexity index is 532. The number of hydrogen-bond acceptors (Lipinski definition) is 3. The summed E-state index contributed by atoms with van der Waals surface area (Å²) in [6, 6.07) is 2.46. The Morgan fingerprint density at radius 3 is 2.65 bits per heavy atom. The molecule has 1 aliphatic heterocycles. The van der Waals surface area contributed by atoms with E-state index in [9.17, 15) is 14.4 Å². The Morgan fingerprint density at radius 2 is 2.00 bits per heavy atom. The summed E-state index contributed by atoms with van der Waals surface area (Å²) in [6.07, 6.45) is 5.75. The van der Waals surface area contributed by atoms with Crippen LogP contribution >= 0.6 is 0 Å². The second-order valence-corrected chi connectivity index (χ2v) is 4.92. The molecule has 1 unspecified atom stereocenters. The van der Waals surface area contributed by atoms with Crippen molar-refractivity contribution in [1.82, 2.24) is 14.8 Å². The van der Waals surface area contributed by atoms with Gasteiger partial charge in [0.1, 0.15) is 12.6 Å². The van der Waals surface area contributed by atoms with E-state index >= 15 is 0 Å². The lowest BCUT2D eigenvalue weighted by Gasteiger charge is -2.34. The van der Waals surface area contributed by atoms with Gasteiger partial charge < -0.3 is 14.8 Å². The van der Waals surface area contributed by atoms with Crippen LogP contribution in [0.1, 0.15) is 19.3 Å². The lowest BCUT2D eigenvalue weighted by atomic mass is 10.0. The lowest BCUT2D eigenvalue weighted by molar-refractivity contribution is -0.142. The second-order valence-electron chi connectivity index (χ2n) is 4.92. The molecule has 0 bridgehead atoms. The average molecular weight is 277 g/mol. The summed E-state index contributed by atoms with van der Waals surface area (Å²) in [6.45, 7) is 0.755. The summed E-state index contributed by atoms with van der Waals surface area (Å²) in [5, 5.41) is 2.61. The highest BCUT2D eigenvalue weighted by Gasteiger charge is 2.31. The lowest BCUT2D eigenvalue weighted by Crippen LogP contribution is -2.52.